The summed E-state index contributed by atoms with van der Waals surface area (Å²) in [6.45, 7) is 2.95. The average molecular weight is 356 g/mol. The van der Waals surface area contributed by atoms with Crippen molar-refractivity contribution in [2.45, 2.75) is 25.8 Å². The lowest BCUT2D eigenvalue weighted by molar-refractivity contribution is 0.0691. The molecule has 1 fully saturated rings. The maximum atomic E-state index is 13.5. The quantitative estimate of drug-likeness (QED) is 0.856. The Morgan fingerprint density at radius 3 is 2.58 bits per heavy atom. The Morgan fingerprint density at radius 1 is 1.08 bits per heavy atom. The standard InChI is InChI=1S/C20H21FN2O3/c21-18-8-7-16(12-17(18)20(25)26)22-19(24)15-6-4-5-14(11-15)13-23-9-2-1-3-10-23/h4-8,11-12H,1-3,9-10,13H2,(H,22,24)(H,25,26). The average Bonchev–Trinajstić information content (AvgIpc) is 2.64. The Bertz CT molecular complexity index is 816. The van der Waals surface area contributed by atoms with Crippen molar-refractivity contribution >= 4 is 17.6 Å². The van der Waals surface area contributed by atoms with Crippen LogP contribution < -0.4 is 5.32 Å². The topological polar surface area (TPSA) is 69.6 Å². The van der Waals surface area contributed by atoms with Crippen LogP contribution >= 0.6 is 0 Å². The smallest absolute Gasteiger partial charge is 0.338 e. The molecule has 3 rings (SSSR count). The molecule has 2 N–H and O–H groups in total. The van der Waals surface area contributed by atoms with Crippen molar-refractivity contribution in [1.82, 2.24) is 4.90 Å². The van der Waals surface area contributed by atoms with Gasteiger partial charge >= 0.3 is 5.97 Å². The van der Waals surface area contributed by atoms with E-state index in [4.69, 9.17) is 5.11 Å². The molecular weight excluding hydrogens is 335 g/mol. The Balaban J connectivity index is 1.71. The number of hydrogen-bond acceptors (Lipinski definition) is 3. The number of benzene rings is 2. The van der Waals surface area contributed by atoms with Crippen molar-refractivity contribution in [1.29, 1.82) is 0 Å². The van der Waals surface area contributed by atoms with Crippen molar-refractivity contribution < 1.29 is 19.1 Å². The van der Waals surface area contributed by atoms with Crippen LogP contribution in [0.2, 0.25) is 0 Å². The molecule has 0 spiro atoms. The third-order valence-electron chi connectivity index (χ3n) is 4.50. The molecule has 0 aromatic heterocycles. The number of rotatable bonds is 5. The van der Waals surface area contributed by atoms with Crippen LogP contribution in [0, 0.1) is 5.82 Å². The molecule has 2 aromatic rings. The number of carbonyl (C=O) groups excluding carboxylic acids is 1. The Hall–Kier alpha value is -2.73. The number of anilines is 1. The van der Waals surface area contributed by atoms with Gasteiger partial charge in [0.15, 0.2) is 0 Å². The summed E-state index contributed by atoms with van der Waals surface area (Å²) >= 11 is 0. The van der Waals surface area contributed by atoms with Crippen LogP contribution in [0.1, 0.15) is 45.5 Å². The fourth-order valence-electron chi connectivity index (χ4n) is 3.16. The maximum absolute atomic E-state index is 13.5. The van der Waals surface area contributed by atoms with Gasteiger partial charge in [-0.2, -0.15) is 0 Å². The van der Waals surface area contributed by atoms with Crippen molar-refractivity contribution in [2.24, 2.45) is 0 Å². The molecule has 6 heteroatoms. The fourth-order valence-corrected chi connectivity index (χ4v) is 3.16. The van der Waals surface area contributed by atoms with E-state index in [-0.39, 0.29) is 11.6 Å². The number of amides is 1. The van der Waals surface area contributed by atoms with E-state index in [1.807, 2.05) is 18.2 Å². The summed E-state index contributed by atoms with van der Waals surface area (Å²) in [4.78, 5) is 25.8. The van der Waals surface area contributed by atoms with E-state index in [0.29, 0.717) is 5.56 Å². The third kappa shape index (κ3) is 4.46. The SMILES string of the molecule is O=C(Nc1ccc(F)c(C(=O)O)c1)c1cccc(CN2CCCCC2)c1. The van der Waals surface area contributed by atoms with E-state index in [9.17, 15) is 14.0 Å². The highest BCUT2D eigenvalue weighted by molar-refractivity contribution is 6.04. The molecule has 1 aliphatic rings. The van der Waals surface area contributed by atoms with Crippen LogP contribution in [-0.4, -0.2) is 35.0 Å². The number of carboxylic acid groups (broad SMARTS) is 1. The minimum Gasteiger partial charge on any atom is -0.478 e. The molecule has 1 saturated heterocycles. The summed E-state index contributed by atoms with van der Waals surface area (Å²) in [7, 11) is 0. The Kier molecular flexibility index (Phi) is 5.63. The molecule has 0 unspecified atom stereocenters. The molecule has 0 saturated carbocycles. The largest absolute Gasteiger partial charge is 0.478 e. The minimum atomic E-state index is -1.37. The Morgan fingerprint density at radius 2 is 1.85 bits per heavy atom. The van der Waals surface area contributed by atoms with Gasteiger partial charge in [-0.15, -0.1) is 0 Å². The molecule has 1 amide bonds. The van der Waals surface area contributed by atoms with E-state index >= 15 is 0 Å². The number of halogens is 1. The van der Waals surface area contributed by atoms with Crippen LogP contribution in [0.5, 0.6) is 0 Å². The zero-order valence-corrected chi connectivity index (χ0v) is 14.4. The molecule has 0 bridgehead atoms. The van der Waals surface area contributed by atoms with Gasteiger partial charge in [-0.25, -0.2) is 9.18 Å². The zero-order chi connectivity index (χ0) is 18.5. The van der Waals surface area contributed by atoms with Gasteiger partial charge in [0.2, 0.25) is 0 Å². The van der Waals surface area contributed by atoms with Gasteiger partial charge in [0.25, 0.3) is 5.91 Å². The molecule has 136 valence electrons. The second kappa shape index (κ2) is 8.10. The summed E-state index contributed by atoms with van der Waals surface area (Å²) in [5.74, 6) is -2.56. The van der Waals surface area contributed by atoms with Crippen molar-refractivity contribution in [3.05, 3.63) is 65.0 Å². The van der Waals surface area contributed by atoms with Gasteiger partial charge in [0.05, 0.1) is 5.56 Å². The predicted molar refractivity (Wildman–Crippen MR) is 96.9 cm³/mol. The van der Waals surface area contributed by atoms with Crippen LogP contribution in [0.3, 0.4) is 0 Å². The molecule has 1 aliphatic heterocycles. The fraction of sp³-hybridized carbons (Fsp3) is 0.300. The summed E-state index contributed by atoms with van der Waals surface area (Å²) in [5.41, 5.74) is 1.32. The van der Waals surface area contributed by atoms with Crippen LogP contribution in [0.15, 0.2) is 42.5 Å². The first-order valence-electron chi connectivity index (χ1n) is 8.68. The lowest BCUT2D eigenvalue weighted by atomic mass is 10.1. The van der Waals surface area contributed by atoms with Crippen molar-refractivity contribution in [2.75, 3.05) is 18.4 Å². The van der Waals surface area contributed by atoms with Gasteiger partial charge in [0.1, 0.15) is 5.82 Å². The second-order valence-corrected chi connectivity index (χ2v) is 6.49. The number of hydrogen-bond donors (Lipinski definition) is 2. The van der Waals surface area contributed by atoms with E-state index in [1.54, 1.807) is 6.07 Å². The number of carboxylic acids is 1. The number of carbonyl (C=O) groups is 2. The molecular formula is C20H21FN2O3. The number of nitrogens with one attached hydrogen (secondary N) is 1. The molecule has 2 aromatic carbocycles. The summed E-state index contributed by atoms with van der Waals surface area (Å²) < 4.78 is 13.5. The zero-order valence-electron chi connectivity index (χ0n) is 14.4. The predicted octanol–water partition coefficient (Wildman–Crippen LogP) is 3.76. The lowest BCUT2D eigenvalue weighted by Gasteiger charge is -2.26. The number of nitrogens with zero attached hydrogens (tertiary/aromatic N) is 1. The van der Waals surface area contributed by atoms with Crippen LogP contribution in [-0.2, 0) is 6.54 Å². The second-order valence-electron chi connectivity index (χ2n) is 6.49. The Labute approximate surface area is 151 Å². The molecule has 5 nitrogen and oxygen atoms in total. The van der Waals surface area contributed by atoms with E-state index in [0.717, 1.165) is 37.3 Å². The molecule has 0 atom stereocenters. The summed E-state index contributed by atoms with van der Waals surface area (Å²) in [5, 5.41) is 11.6. The molecule has 1 heterocycles. The first kappa shape index (κ1) is 18.1. The molecule has 0 aliphatic carbocycles. The van der Waals surface area contributed by atoms with Crippen molar-refractivity contribution in [3.8, 4) is 0 Å². The highest BCUT2D eigenvalue weighted by Gasteiger charge is 2.14. The van der Waals surface area contributed by atoms with Crippen molar-refractivity contribution in [3.63, 3.8) is 0 Å². The van der Waals surface area contributed by atoms with Crippen LogP contribution in [0.25, 0.3) is 0 Å². The monoisotopic (exact) mass is 356 g/mol. The maximum Gasteiger partial charge on any atom is 0.338 e. The van der Waals surface area contributed by atoms with E-state index in [1.165, 1.54) is 25.3 Å². The number of aromatic carboxylic acids is 1. The highest BCUT2D eigenvalue weighted by atomic mass is 19.1. The van der Waals surface area contributed by atoms with E-state index < -0.39 is 17.3 Å². The first-order valence-corrected chi connectivity index (χ1v) is 8.68. The van der Waals surface area contributed by atoms with Gasteiger partial charge in [0, 0.05) is 17.8 Å². The third-order valence-corrected chi connectivity index (χ3v) is 4.50. The normalized spacial score (nSPS) is 14.8. The summed E-state index contributed by atoms with van der Waals surface area (Å²) in [6, 6.07) is 10.9. The highest BCUT2D eigenvalue weighted by Crippen LogP contribution is 2.17. The lowest BCUT2D eigenvalue weighted by Crippen LogP contribution is -2.29. The summed E-state index contributed by atoms with van der Waals surface area (Å²) in [6.07, 6.45) is 3.68. The van der Waals surface area contributed by atoms with Gasteiger partial charge in [-0.3, -0.25) is 9.69 Å². The van der Waals surface area contributed by atoms with Gasteiger partial charge in [-0.1, -0.05) is 18.6 Å². The van der Waals surface area contributed by atoms with Gasteiger partial charge in [-0.05, 0) is 61.8 Å². The molecule has 26 heavy (non-hydrogen) atoms. The van der Waals surface area contributed by atoms with Gasteiger partial charge < -0.3 is 10.4 Å². The number of likely N-dealkylation sites (tertiary alicyclic amines) is 1. The first-order chi connectivity index (χ1) is 12.5. The van der Waals surface area contributed by atoms with Crippen LogP contribution in [0.4, 0.5) is 10.1 Å². The number of piperidine rings is 1. The van der Waals surface area contributed by atoms with E-state index in [2.05, 4.69) is 10.2 Å². The molecule has 0 radical (unpaired) electrons. The minimum absolute atomic E-state index is 0.246.